The molecule has 3 heterocycles. The number of nitrogens with zero attached hydrogens (tertiary/aromatic N) is 2. The molecule has 0 bridgehead atoms. The minimum Gasteiger partial charge on any atom is -0.465 e. The standard InChI is InChI=1S/C17H17N5O4/c1-17(2,19-16(25)26)15(24)22-6-10-13-11(7-22)20-21-14(23)8-4-3-5-9(18-10)12(8)13/h3-5,18-19H,6-7H2,1-2H3,(H,21,23)(H,25,26). The summed E-state index contributed by atoms with van der Waals surface area (Å²) in [6.07, 6.45) is -1.27. The minimum atomic E-state index is -1.28. The molecule has 0 saturated carbocycles. The van der Waals surface area contributed by atoms with E-state index in [1.54, 1.807) is 12.1 Å². The van der Waals surface area contributed by atoms with E-state index >= 15 is 0 Å². The van der Waals surface area contributed by atoms with Crippen LogP contribution in [-0.2, 0) is 11.3 Å². The first kappa shape index (κ1) is 16.1. The molecule has 0 radical (unpaired) electrons. The molecule has 26 heavy (non-hydrogen) atoms. The number of H-pyrrole nitrogens is 1. The van der Waals surface area contributed by atoms with E-state index in [4.69, 9.17) is 5.11 Å². The van der Waals surface area contributed by atoms with Gasteiger partial charge in [0.1, 0.15) is 5.54 Å². The van der Waals surface area contributed by atoms with Crippen molar-refractivity contribution in [1.29, 1.82) is 0 Å². The molecule has 134 valence electrons. The summed E-state index contributed by atoms with van der Waals surface area (Å²) in [7, 11) is 0. The predicted octanol–water partition coefficient (Wildman–Crippen LogP) is 1.00. The van der Waals surface area contributed by atoms with E-state index in [1.165, 1.54) is 18.7 Å². The molecule has 0 spiro atoms. The number of carbonyl (C=O) groups is 3. The quantitative estimate of drug-likeness (QED) is 0.641. The topological polar surface area (TPSA) is 127 Å². The third-order valence-electron chi connectivity index (χ3n) is 4.66. The second kappa shape index (κ2) is 5.32. The Morgan fingerprint density at radius 1 is 1.31 bits per heavy atom. The molecular weight excluding hydrogens is 338 g/mol. The maximum atomic E-state index is 12.9. The number of carboxylic acid groups (broad SMARTS) is 1. The van der Waals surface area contributed by atoms with Crippen LogP contribution in [0.25, 0.3) is 10.9 Å². The summed E-state index contributed by atoms with van der Waals surface area (Å²) in [5.41, 5.74) is 4.74. The fourth-order valence-electron chi connectivity index (χ4n) is 3.56. The molecule has 0 unspecified atom stereocenters. The van der Waals surface area contributed by atoms with E-state index in [0.717, 1.165) is 22.2 Å². The van der Waals surface area contributed by atoms with Gasteiger partial charge in [0.25, 0.3) is 5.91 Å². The van der Waals surface area contributed by atoms with Crippen molar-refractivity contribution in [1.82, 2.24) is 20.6 Å². The Hall–Kier alpha value is -3.36. The first-order valence-electron chi connectivity index (χ1n) is 8.09. The fraction of sp³-hybridized carbons (Fsp3) is 0.294. The van der Waals surface area contributed by atoms with Crippen molar-refractivity contribution in [3.8, 4) is 0 Å². The molecule has 2 aromatic rings. The van der Waals surface area contributed by atoms with Crippen molar-refractivity contribution in [3.05, 3.63) is 35.0 Å². The van der Waals surface area contributed by atoms with E-state index in [1.807, 2.05) is 6.07 Å². The van der Waals surface area contributed by atoms with Crippen molar-refractivity contribution in [2.75, 3.05) is 6.54 Å². The van der Waals surface area contributed by atoms with Crippen LogP contribution in [0.3, 0.4) is 0 Å². The van der Waals surface area contributed by atoms with Crippen LogP contribution < -0.4 is 10.7 Å². The molecule has 0 fully saturated rings. The molecule has 0 saturated heterocycles. The summed E-state index contributed by atoms with van der Waals surface area (Å²) in [5.74, 6) is -0.673. The molecule has 2 aliphatic heterocycles. The average Bonchev–Trinajstić information content (AvgIpc) is 2.88. The third-order valence-corrected chi connectivity index (χ3v) is 4.66. The van der Waals surface area contributed by atoms with Crippen LogP contribution in [0.4, 0.5) is 4.79 Å². The first-order chi connectivity index (χ1) is 12.3. The number of amides is 3. The highest BCUT2D eigenvalue weighted by molar-refractivity contribution is 6.21. The molecule has 4 rings (SSSR count). The van der Waals surface area contributed by atoms with Gasteiger partial charge < -0.3 is 20.3 Å². The van der Waals surface area contributed by atoms with Crippen molar-refractivity contribution in [2.24, 2.45) is 5.10 Å². The number of benzene rings is 1. The Morgan fingerprint density at radius 3 is 2.81 bits per heavy atom. The van der Waals surface area contributed by atoms with Crippen molar-refractivity contribution >= 4 is 34.5 Å². The summed E-state index contributed by atoms with van der Waals surface area (Å²) in [5, 5.41) is 16.2. The van der Waals surface area contributed by atoms with E-state index < -0.39 is 11.6 Å². The van der Waals surface area contributed by atoms with Gasteiger partial charge in [0.15, 0.2) is 0 Å². The highest BCUT2D eigenvalue weighted by Crippen LogP contribution is 2.32. The van der Waals surface area contributed by atoms with E-state index in [2.05, 4.69) is 20.8 Å². The molecule has 1 aromatic carbocycles. The number of hydrazone groups is 1. The Bertz CT molecular complexity index is 1000. The van der Waals surface area contributed by atoms with Gasteiger partial charge in [-0.3, -0.25) is 9.59 Å². The predicted molar refractivity (Wildman–Crippen MR) is 93.0 cm³/mol. The lowest BCUT2D eigenvalue weighted by molar-refractivity contribution is -0.136. The van der Waals surface area contributed by atoms with Crippen LogP contribution in [0.2, 0.25) is 0 Å². The van der Waals surface area contributed by atoms with Gasteiger partial charge >= 0.3 is 6.09 Å². The normalized spacial score (nSPS) is 16.0. The second-order valence-electron chi connectivity index (χ2n) is 6.92. The zero-order valence-electron chi connectivity index (χ0n) is 14.2. The van der Waals surface area contributed by atoms with Gasteiger partial charge in [-0.1, -0.05) is 6.07 Å². The van der Waals surface area contributed by atoms with Crippen molar-refractivity contribution in [2.45, 2.75) is 25.9 Å². The lowest BCUT2D eigenvalue weighted by atomic mass is 9.96. The summed E-state index contributed by atoms with van der Waals surface area (Å²) in [6.45, 7) is 3.48. The molecular formula is C17H17N5O4. The largest absolute Gasteiger partial charge is 0.465 e. The van der Waals surface area contributed by atoms with Gasteiger partial charge in [0.2, 0.25) is 5.91 Å². The number of carbonyl (C=O) groups excluding carboxylic acids is 2. The molecule has 0 atom stereocenters. The Kier molecular flexibility index (Phi) is 3.30. The van der Waals surface area contributed by atoms with Crippen LogP contribution in [0.5, 0.6) is 0 Å². The number of hydrogen-bond acceptors (Lipinski definition) is 4. The maximum Gasteiger partial charge on any atom is 0.405 e. The summed E-state index contributed by atoms with van der Waals surface area (Å²) in [6, 6.07) is 5.39. The van der Waals surface area contributed by atoms with Crippen LogP contribution in [0, 0.1) is 0 Å². The number of rotatable bonds is 2. The first-order valence-corrected chi connectivity index (χ1v) is 8.09. The Labute approximate surface area is 148 Å². The SMILES string of the molecule is CC(C)(NC(=O)O)C(=O)N1CC2=NNC(=O)c3cccc4[nH]c(c2c34)C1. The Morgan fingerprint density at radius 2 is 2.08 bits per heavy atom. The molecule has 1 aromatic heterocycles. The molecule has 0 aliphatic carbocycles. The molecule has 2 aliphatic rings. The lowest BCUT2D eigenvalue weighted by Crippen LogP contribution is -2.57. The van der Waals surface area contributed by atoms with E-state index in [0.29, 0.717) is 11.3 Å². The molecule has 9 heteroatoms. The van der Waals surface area contributed by atoms with Crippen LogP contribution in [0.15, 0.2) is 23.3 Å². The highest BCUT2D eigenvalue weighted by atomic mass is 16.4. The monoisotopic (exact) mass is 355 g/mol. The second-order valence-corrected chi connectivity index (χ2v) is 6.92. The fourth-order valence-corrected chi connectivity index (χ4v) is 3.56. The van der Waals surface area contributed by atoms with Gasteiger partial charge in [-0.15, -0.1) is 0 Å². The Balaban J connectivity index is 1.79. The van der Waals surface area contributed by atoms with Gasteiger partial charge in [-0.05, 0) is 26.0 Å². The minimum absolute atomic E-state index is 0.179. The van der Waals surface area contributed by atoms with Gasteiger partial charge in [-0.2, -0.15) is 5.10 Å². The number of aromatic amines is 1. The average molecular weight is 355 g/mol. The number of nitrogens with one attached hydrogen (secondary N) is 3. The van der Waals surface area contributed by atoms with E-state index in [-0.39, 0.29) is 24.9 Å². The summed E-state index contributed by atoms with van der Waals surface area (Å²) >= 11 is 0. The van der Waals surface area contributed by atoms with Gasteiger partial charge in [0, 0.05) is 22.2 Å². The highest BCUT2D eigenvalue weighted by Gasteiger charge is 2.38. The number of aromatic nitrogens is 1. The van der Waals surface area contributed by atoms with E-state index in [9.17, 15) is 14.4 Å². The van der Waals surface area contributed by atoms with Gasteiger partial charge in [-0.25, -0.2) is 10.2 Å². The third kappa shape index (κ3) is 2.32. The smallest absolute Gasteiger partial charge is 0.405 e. The molecule has 4 N–H and O–H groups in total. The lowest BCUT2D eigenvalue weighted by Gasteiger charge is -2.34. The summed E-state index contributed by atoms with van der Waals surface area (Å²) in [4.78, 5) is 40.9. The van der Waals surface area contributed by atoms with Crippen molar-refractivity contribution in [3.63, 3.8) is 0 Å². The molecule has 9 nitrogen and oxygen atoms in total. The summed E-state index contributed by atoms with van der Waals surface area (Å²) < 4.78 is 0. The number of hydrogen-bond donors (Lipinski definition) is 4. The van der Waals surface area contributed by atoms with Gasteiger partial charge in [0.05, 0.1) is 24.4 Å². The van der Waals surface area contributed by atoms with Crippen molar-refractivity contribution < 1.29 is 19.5 Å². The van der Waals surface area contributed by atoms with Crippen LogP contribution in [0.1, 0.15) is 35.5 Å². The molecule has 3 amide bonds. The van der Waals surface area contributed by atoms with Crippen LogP contribution in [-0.4, -0.2) is 50.7 Å². The van der Waals surface area contributed by atoms with Crippen LogP contribution >= 0.6 is 0 Å². The maximum absolute atomic E-state index is 12.9. The zero-order chi connectivity index (χ0) is 18.6. The zero-order valence-corrected chi connectivity index (χ0v) is 14.2.